The number of halogens is 4. The van der Waals surface area contributed by atoms with Crippen LogP contribution in [0.2, 0.25) is 0 Å². The van der Waals surface area contributed by atoms with Gasteiger partial charge in [-0.05, 0) is 23.8 Å². The molecule has 1 N–H and O–H groups in total. The van der Waals surface area contributed by atoms with Gasteiger partial charge in [-0.25, -0.2) is 4.39 Å². The first kappa shape index (κ1) is 12.0. The summed E-state index contributed by atoms with van der Waals surface area (Å²) in [5.74, 6) is -0.673. The predicted octanol–water partition coefficient (Wildman–Crippen LogP) is 2.78. The monoisotopic (exact) mass is 221 g/mol. The van der Waals surface area contributed by atoms with Crippen molar-refractivity contribution >= 4 is 0 Å². The average molecular weight is 221 g/mol. The number of hydrogen-bond donors (Lipinski definition) is 1. The first-order valence-electron chi connectivity index (χ1n) is 4.16. The van der Waals surface area contributed by atoms with Gasteiger partial charge < -0.3 is 5.11 Å². The minimum Gasteiger partial charge on any atom is -0.395 e. The van der Waals surface area contributed by atoms with Gasteiger partial charge >= 0.3 is 6.18 Å². The Morgan fingerprint density at radius 1 is 1.27 bits per heavy atom. The Balaban J connectivity index is 3.17. The number of rotatable bonds is 2. The molecule has 0 aromatic heterocycles. The highest BCUT2D eigenvalue weighted by molar-refractivity contribution is 5.35. The van der Waals surface area contributed by atoms with Crippen LogP contribution < -0.4 is 0 Å². The van der Waals surface area contributed by atoms with E-state index in [1.807, 2.05) is 0 Å². The van der Waals surface area contributed by atoms with Crippen molar-refractivity contribution in [3.05, 3.63) is 41.1 Å². The van der Waals surface area contributed by atoms with Crippen LogP contribution in [0, 0.1) is 11.7 Å². The quantitative estimate of drug-likeness (QED) is 0.761. The van der Waals surface area contributed by atoms with Crippen molar-refractivity contribution in [1.82, 2.24) is 0 Å². The second-order valence-electron chi connectivity index (χ2n) is 3.16. The summed E-state index contributed by atoms with van der Waals surface area (Å²) in [4.78, 5) is 0. The molecule has 83 valence electrons. The molecule has 5 heteroatoms. The van der Waals surface area contributed by atoms with Gasteiger partial charge in [0.2, 0.25) is 0 Å². The normalized spacial score (nSPS) is 12.2. The molecular formula is C10H9F4O. The molecular weight excluding hydrogens is 212 g/mol. The minimum atomic E-state index is -4.58. The van der Waals surface area contributed by atoms with Crippen LogP contribution in [0.15, 0.2) is 18.2 Å². The SMILES string of the molecule is C[C](CO)c1cc(F)cc(C(F)(F)F)c1. The molecule has 1 radical (unpaired) electrons. The van der Waals surface area contributed by atoms with Gasteiger partial charge in [0.15, 0.2) is 0 Å². The third-order valence-corrected chi connectivity index (χ3v) is 1.96. The van der Waals surface area contributed by atoms with Crippen molar-refractivity contribution in [3.63, 3.8) is 0 Å². The van der Waals surface area contributed by atoms with Crippen molar-refractivity contribution in [2.75, 3.05) is 6.61 Å². The van der Waals surface area contributed by atoms with Crippen LogP contribution in [0.4, 0.5) is 17.6 Å². The lowest BCUT2D eigenvalue weighted by atomic mass is 9.99. The summed E-state index contributed by atoms with van der Waals surface area (Å²) in [5, 5.41) is 8.73. The van der Waals surface area contributed by atoms with Gasteiger partial charge in [-0.3, -0.25) is 0 Å². The Hall–Kier alpha value is -1.10. The Labute approximate surface area is 84.3 Å². The first-order chi connectivity index (χ1) is 6.84. The molecule has 0 unspecified atom stereocenters. The maximum Gasteiger partial charge on any atom is 0.416 e. The summed E-state index contributed by atoms with van der Waals surface area (Å²) in [6.07, 6.45) is -4.58. The van der Waals surface area contributed by atoms with E-state index in [1.54, 1.807) is 0 Å². The molecule has 0 saturated carbocycles. The third-order valence-electron chi connectivity index (χ3n) is 1.96. The fourth-order valence-electron chi connectivity index (χ4n) is 1.09. The summed E-state index contributed by atoms with van der Waals surface area (Å²) in [5.41, 5.74) is -0.991. The highest BCUT2D eigenvalue weighted by atomic mass is 19.4. The molecule has 0 spiro atoms. The molecule has 15 heavy (non-hydrogen) atoms. The van der Waals surface area contributed by atoms with Crippen LogP contribution in [0.25, 0.3) is 0 Å². The first-order valence-corrected chi connectivity index (χ1v) is 4.16. The maximum atomic E-state index is 12.9. The van der Waals surface area contributed by atoms with Gasteiger partial charge in [0.1, 0.15) is 5.82 Å². The van der Waals surface area contributed by atoms with Crippen LogP contribution in [0.5, 0.6) is 0 Å². The van der Waals surface area contributed by atoms with E-state index in [-0.39, 0.29) is 5.56 Å². The molecule has 0 aliphatic rings. The van der Waals surface area contributed by atoms with Crippen LogP contribution in [0.1, 0.15) is 18.1 Å². The number of benzene rings is 1. The zero-order chi connectivity index (χ0) is 11.6. The highest BCUT2D eigenvalue weighted by Gasteiger charge is 2.31. The van der Waals surface area contributed by atoms with Crippen molar-refractivity contribution in [3.8, 4) is 0 Å². The molecule has 1 rings (SSSR count). The maximum absolute atomic E-state index is 12.9. The van der Waals surface area contributed by atoms with Crippen molar-refractivity contribution < 1.29 is 22.7 Å². The Bertz CT molecular complexity index is 346. The topological polar surface area (TPSA) is 20.2 Å². The van der Waals surface area contributed by atoms with E-state index >= 15 is 0 Å². The lowest BCUT2D eigenvalue weighted by Gasteiger charge is -2.12. The van der Waals surface area contributed by atoms with Gasteiger partial charge in [0, 0.05) is 5.92 Å². The zero-order valence-electron chi connectivity index (χ0n) is 7.90. The van der Waals surface area contributed by atoms with E-state index in [9.17, 15) is 17.6 Å². The summed E-state index contributed by atoms with van der Waals surface area (Å²) >= 11 is 0. The van der Waals surface area contributed by atoms with E-state index in [1.165, 1.54) is 6.92 Å². The second kappa shape index (κ2) is 4.18. The van der Waals surface area contributed by atoms with Crippen molar-refractivity contribution in [2.45, 2.75) is 13.1 Å². The number of hydrogen-bond acceptors (Lipinski definition) is 1. The highest BCUT2D eigenvalue weighted by Crippen LogP contribution is 2.31. The lowest BCUT2D eigenvalue weighted by Crippen LogP contribution is -2.08. The van der Waals surface area contributed by atoms with Gasteiger partial charge in [-0.2, -0.15) is 13.2 Å². The van der Waals surface area contributed by atoms with Gasteiger partial charge in [-0.1, -0.05) is 6.92 Å². The van der Waals surface area contributed by atoms with Crippen LogP contribution in [-0.4, -0.2) is 11.7 Å². The number of alkyl halides is 3. The summed E-state index contributed by atoms with van der Waals surface area (Å²) in [6.45, 7) is 1.04. The zero-order valence-corrected chi connectivity index (χ0v) is 7.90. The molecule has 0 bridgehead atoms. The fraction of sp³-hybridized carbons (Fsp3) is 0.300. The molecule has 0 saturated heterocycles. The summed E-state index contributed by atoms with van der Waals surface area (Å²) in [6, 6.07) is 2.20. The van der Waals surface area contributed by atoms with E-state index in [0.29, 0.717) is 12.0 Å². The molecule has 1 nitrogen and oxygen atoms in total. The van der Waals surface area contributed by atoms with Crippen molar-refractivity contribution in [2.24, 2.45) is 0 Å². The van der Waals surface area contributed by atoms with E-state index < -0.39 is 24.2 Å². The van der Waals surface area contributed by atoms with E-state index in [2.05, 4.69) is 0 Å². The molecule has 0 heterocycles. The van der Waals surface area contributed by atoms with E-state index in [0.717, 1.165) is 12.1 Å². The van der Waals surface area contributed by atoms with Crippen LogP contribution >= 0.6 is 0 Å². The van der Waals surface area contributed by atoms with Crippen LogP contribution in [0.3, 0.4) is 0 Å². The summed E-state index contributed by atoms with van der Waals surface area (Å²) < 4.78 is 49.7. The second-order valence-corrected chi connectivity index (χ2v) is 3.16. The minimum absolute atomic E-state index is 0.0600. The molecule has 0 amide bonds. The Morgan fingerprint density at radius 3 is 2.33 bits per heavy atom. The molecule has 0 aliphatic carbocycles. The molecule has 0 atom stereocenters. The lowest BCUT2D eigenvalue weighted by molar-refractivity contribution is -0.137. The number of aliphatic hydroxyl groups is 1. The Morgan fingerprint density at radius 2 is 1.87 bits per heavy atom. The smallest absolute Gasteiger partial charge is 0.395 e. The van der Waals surface area contributed by atoms with Crippen LogP contribution in [-0.2, 0) is 6.18 Å². The Kier molecular flexibility index (Phi) is 3.34. The largest absolute Gasteiger partial charge is 0.416 e. The van der Waals surface area contributed by atoms with Gasteiger partial charge in [0.25, 0.3) is 0 Å². The summed E-state index contributed by atoms with van der Waals surface area (Å²) in [7, 11) is 0. The molecule has 1 aromatic rings. The molecule has 1 aromatic carbocycles. The average Bonchev–Trinajstić information content (AvgIpc) is 2.14. The standard InChI is InChI=1S/C10H9F4O/c1-6(5-15)7-2-8(10(12,13)14)4-9(11)3-7/h2-4,15H,5H2,1H3. The van der Waals surface area contributed by atoms with Gasteiger partial charge in [0.05, 0.1) is 12.2 Å². The fourth-order valence-corrected chi connectivity index (χ4v) is 1.09. The van der Waals surface area contributed by atoms with E-state index in [4.69, 9.17) is 5.11 Å². The van der Waals surface area contributed by atoms with Gasteiger partial charge in [-0.15, -0.1) is 0 Å². The molecule has 0 fully saturated rings. The van der Waals surface area contributed by atoms with Crippen molar-refractivity contribution in [1.29, 1.82) is 0 Å². The predicted molar refractivity (Wildman–Crippen MR) is 46.5 cm³/mol. The number of aliphatic hydroxyl groups excluding tert-OH is 1. The molecule has 0 aliphatic heterocycles. The third kappa shape index (κ3) is 2.92.